The third-order valence-corrected chi connectivity index (χ3v) is 3.43. The van der Waals surface area contributed by atoms with Crippen molar-refractivity contribution in [3.63, 3.8) is 0 Å². The maximum Gasteiger partial charge on any atom is 0.136 e. The molecule has 0 heterocycles. The molecule has 1 fully saturated rings. The van der Waals surface area contributed by atoms with Gasteiger partial charge in [0.1, 0.15) is 5.78 Å². The van der Waals surface area contributed by atoms with Gasteiger partial charge in [0.2, 0.25) is 0 Å². The summed E-state index contributed by atoms with van der Waals surface area (Å²) in [6.07, 6.45) is 3.54. The van der Waals surface area contributed by atoms with E-state index in [-0.39, 0.29) is 17.6 Å². The van der Waals surface area contributed by atoms with Crippen LogP contribution >= 0.6 is 0 Å². The Hall–Kier alpha value is -1.53. The van der Waals surface area contributed by atoms with Crippen molar-refractivity contribution in [1.29, 1.82) is 5.26 Å². The summed E-state index contributed by atoms with van der Waals surface area (Å²) in [5.41, 5.74) is 8.17. The Labute approximate surface area is 101 Å². The molecule has 1 aliphatic carbocycles. The first-order valence-electron chi connectivity index (χ1n) is 6.09. The highest BCUT2D eigenvalue weighted by Gasteiger charge is 2.34. The third-order valence-electron chi connectivity index (χ3n) is 3.43. The van der Waals surface area contributed by atoms with Crippen LogP contribution in [0.2, 0.25) is 0 Å². The summed E-state index contributed by atoms with van der Waals surface area (Å²) in [6.45, 7) is 2.51. The first-order chi connectivity index (χ1) is 8.19. The van der Waals surface area contributed by atoms with Crippen LogP contribution in [0.4, 0.5) is 0 Å². The minimum Gasteiger partial charge on any atom is -0.299 e. The van der Waals surface area contributed by atoms with Crippen LogP contribution < -0.4 is 0 Å². The molecule has 0 aromatic rings. The fourth-order valence-electron chi connectivity index (χ4n) is 2.69. The number of azide groups is 1. The van der Waals surface area contributed by atoms with E-state index in [0.29, 0.717) is 25.3 Å². The van der Waals surface area contributed by atoms with Crippen molar-refractivity contribution in [2.75, 3.05) is 6.54 Å². The molecule has 5 heteroatoms. The first-order valence-corrected chi connectivity index (χ1v) is 6.09. The summed E-state index contributed by atoms with van der Waals surface area (Å²) in [7, 11) is 0. The van der Waals surface area contributed by atoms with Crippen molar-refractivity contribution in [1.82, 2.24) is 0 Å². The molecule has 3 atom stereocenters. The summed E-state index contributed by atoms with van der Waals surface area (Å²) < 4.78 is 0. The Morgan fingerprint density at radius 1 is 1.65 bits per heavy atom. The molecule has 1 saturated carbocycles. The monoisotopic (exact) mass is 234 g/mol. The quantitative estimate of drug-likeness (QED) is 0.316. The fraction of sp³-hybridized carbons (Fsp3) is 0.833. The molecule has 5 nitrogen and oxygen atoms in total. The van der Waals surface area contributed by atoms with Gasteiger partial charge < -0.3 is 0 Å². The minimum absolute atomic E-state index is 0.000238. The van der Waals surface area contributed by atoms with Crippen LogP contribution in [0.5, 0.6) is 0 Å². The number of nitriles is 1. The average molecular weight is 234 g/mol. The van der Waals surface area contributed by atoms with Gasteiger partial charge in [-0.1, -0.05) is 12.0 Å². The molecule has 0 unspecified atom stereocenters. The molecular weight excluding hydrogens is 216 g/mol. The molecule has 0 amide bonds. The minimum atomic E-state index is -0.000238. The smallest absolute Gasteiger partial charge is 0.136 e. The summed E-state index contributed by atoms with van der Waals surface area (Å²) in [5, 5.41) is 12.3. The lowest BCUT2D eigenvalue weighted by molar-refractivity contribution is -0.128. The maximum atomic E-state index is 11.9. The van der Waals surface area contributed by atoms with Gasteiger partial charge in [-0.05, 0) is 36.6 Å². The normalized spacial score (nSPS) is 28.2. The largest absolute Gasteiger partial charge is 0.299 e. The highest BCUT2D eigenvalue weighted by atomic mass is 16.1. The SMILES string of the molecule is C[C@H]1CC(=O)[C@H](CCCN=[N+]=[N-])[C@H](CC#N)C1. The second kappa shape index (κ2) is 6.93. The number of carbonyl (C=O) groups excluding carboxylic acids is 1. The van der Waals surface area contributed by atoms with E-state index < -0.39 is 0 Å². The lowest BCUT2D eigenvalue weighted by Crippen LogP contribution is -2.32. The number of nitrogens with zero attached hydrogens (tertiary/aromatic N) is 4. The number of rotatable bonds is 5. The third kappa shape index (κ3) is 4.08. The molecule has 0 bridgehead atoms. The topological polar surface area (TPSA) is 89.6 Å². The number of hydrogen-bond donors (Lipinski definition) is 0. The van der Waals surface area contributed by atoms with Gasteiger partial charge in [-0.15, -0.1) is 0 Å². The van der Waals surface area contributed by atoms with Gasteiger partial charge in [0.25, 0.3) is 0 Å². The Morgan fingerprint density at radius 2 is 2.41 bits per heavy atom. The molecule has 0 saturated heterocycles. The zero-order chi connectivity index (χ0) is 12.7. The molecule has 1 aliphatic rings. The van der Waals surface area contributed by atoms with E-state index in [4.69, 9.17) is 10.8 Å². The number of Topliss-reactive ketones (excluding diaryl/α,β-unsaturated/α-hetero) is 1. The second-order valence-corrected chi connectivity index (χ2v) is 4.84. The highest BCUT2D eigenvalue weighted by Crippen LogP contribution is 2.35. The van der Waals surface area contributed by atoms with Crippen molar-refractivity contribution in [3.8, 4) is 6.07 Å². The van der Waals surface area contributed by atoms with Crippen molar-refractivity contribution in [3.05, 3.63) is 10.4 Å². The zero-order valence-electron chi connectivity index (χ0n) is 10.2. The summed E-state index contributed by atoms with van der Waals surface area (Å²) >= 11 is 0. The van der Waals surface area contributed by atoms with Gasteiger partial charge in [-0.25, -0.2) is 0 Å². The van der Waals surface area contributed by atoms with Gasteiger partial charge in [0.05, 0.1) is 6.07 Å². The van der Waals surface area contributed by atoms with E-state index in [1.165, 1.54) is 0 Å². The Morgan fingerprint density at radius 3 is 3.06 bits per heavy atom. The number of carbonyl (C=O) groups is 1. The zero-order valence-corrected chi connectivity index (χ0v) is 10.2. The van der Waals surface area contributed by atoms with E-state index in [1.54, 1.807) is 0 Å². The highest BCUT2D eigenvalue weighted by molar-refractivity contribution is 5.82. The van der Waals surface area contributed by atoms with E-state index in [1.807, 2.05) is 0 Å². The predicted octanol–water partition coefficient (Wildman–Crippen LogP) is 3.22. The lowest BCUT2D eigenvalue weighted by Gasteiger charge is -2.32. The van der Waals surface area contributed by atoms with Crippen LogP contribution in [0.25, 0.3) is 10.4 Å². The average Bonchev–Trinajstić information content (AvgIpc) is 2.27. The van der Waals surface area contributed by atoms with Gasteiger partial charge >= 0.3 is 0 Å². The van der Waals surface area contributed by atoms with Gasteiger partial charge in [0.15, 0.2) is 0 Å². The van der Waals surface area contributed by atoms with Crippen LogP contribution in [0.3, 0.4) is 0 Å². The standard InChI is InChI=1S/C12H18N4O/c1-9-7-10(4-5-13)11(12(17)8-9)3-2-6-15-16-14/h9-11H,2-4,6-8H2,1H3/t9-,10-,11-/m1/s1. The fourth-order valence-corrected chi connectivity index (χ4v) is 2.69. The number of hydrogen-bond acceptors (Lipinski definition) is 3. The summed E-state index contributed by atoms with van der Waals surface area (Å²) in [6, 6.07) is 2.18. The molecule has 1 rings (SSSR count). The predicted molar refractivity (Wildman–Crippen MR) is 63.9 cm³/mol. The first kappa shape index (κ1) is 13.5. The Kier molecular flexibility index (Phi) is 5.51. The second-order valence-electron chi connectivity index (χ2n) is 4.84. The van der Waals surface area contributed by atoms with Gasteiger partial charge in [-0.3, -0.25) is 4.79 Å². The van der Waals surface area contributed by atoms with Crippen molar-refractivity contribution >= 4 is 5.78 Å². The van der Waals surface area contributed by atoms with Crippen LogP contribution in [0.1, 0.15) is 39.0 Å². The Balaban J connectivity index is 2.54. The van der Waals surface area contributed by atoms with E-state index in [9.17, 15) is 4.79 Å². The van der Waals surface area contributed by atoms with Gasteiger partial charge in [-0.2, -0.15) is 5.26 Å². The summed E-state index contributed by atoms with van der Waals surface area (Å²) in [5.74, 6) is 0.876. The van der Waals surface area contributed by atoms with Gasteiger partial charge in [0, 0.05) is 30.2 Å². The van der Waals surface area contributed by atoms with Crippen LogP contribution in [0, 0.1) is 29.1 Å². The molecule has 92 valence electrons. The maximum absolute atomic E-state index is 11.9. The molecule has 17 heavy (non-hydrogen) atoms. The van der Waals surface area contributed by atoms with Crippen molar-refractivity contribution in [2.24, 2.45) is 22.9 Å². The molecule has 0 aromatic heterocycles. The van der Waals surface area contributed by atoms with E-state index in [0.717, 1.165) is 19.3 Å². The number of ketones is 1. The van der Waals surface area contributed by atoms with E-state index >= 15 is 0 Å². The molecular formula is C12H18N4O. The molecule has 0 aliphatic heterocycles. The van der Waals surface area contributed by atoms with Crippen LogP contribution in [-0.4, -0.2) is 12.3 Å². The molecule has 0 radical (unpaired) electrons. The lowest BCUT2D eigenvalue weighted by atomic mass is 9.71. The molecule has 0 N–H and O–H groups in total. The van der Waals surface area contributed by atoms with Crippen LogP contribution in [0.15, 0.2) is 5.11 Å². The molecule has 0 aromatic carbocycles. The van der Waals surface area contributed by atoms with Crippen molar-refractivity contribution < 1.29 is 4.79 Å². The van der Waals surface area contributed by atoms with Crippen LogP contribution in [-0.2, 0) is 4.79 Å². The Bertz CT molecular complexity index is 354. The molecule has 0 spiro atoms. The van der Waals surface area contributed by atoms with Crippen molar-refractivity contribution in [2.45, 2.75) is 39.0 Å². The van der Waals surface area contributed by atoms with E-state index in [2.05, 4.69) is 23.0 Å². The summed E-state index contributed by atoms with van der Waals surface area (Å²) in [4.78, 5) is 14.6.